The summed E-state index contributed by atoms with van der Waals surface area (Å²) in [5.41, 5.74) is 1.42. The molecule has 0 bridgehead atoms. The minimum Gasteiger partial charge on any atom is -0.348 e. The van der Waals surface area contributed by atoms with Crippen LogP contribution in [0.3, 0.4) is 0 Å². The van der Waals surface area contributed by atoms with E-state index in [2.05, 4.69) is 28.3 Å². The molecule has 2 atom stereocenters. The molecule has 0 saturated carbocycles. The van der Waals surface area contributed by atoms with Crippen LogP contribution in [-0.2, 0) is 17.6 Å². The van der Waals surface area contributed by atoms with Crippen LogP contribution in [0.4, 0.5) is 0 Å². The van der Waals surface area contributed by atoms with E-state index in [1.54, 1.807) is 29.0 Å². The van der Waals surface area contributed by atoms with Crippen LogP contribution >= 0.6 is 34.4 Å². The predicted octanol–water partition coefficient (Wildman–Crippen LogP) is 4.85. The van der Waals surface area contributed by atoms with Gasteiger partial charge in [-0.3, -0.25) is 4.79 Å². The minimum atomic E-state index is 0.0420. The molecular formula is C19H21N3OS3. The molecule has 1 N–H and O–H groups in total. The SMILES string of the molecule is C[C@H]1CCc2c(sc3ncnc(SCC(=O)N[C@@H](C)c4cccs4)c23)C1. The number of amides is 1. The van der Waals surface area contributed by atoms with Gasteiger partial charge in [0.2, 0.25) is 5.91 Å². The van der Waals surface area contributed by atoms with E-state index in [-0.39, 0.29) is 11.9 Å². The monoisotopic (exact) mass is 403 g/mol. The molecule has 7 heteroatoms. The van der Waals surface area contributed by atoms with Crippen LogP contribution in [0.25, 0.3) is 10.2 Å². The van der Waals surface area contributed by atoms with Gasteiger partial charge in [0.1, 0.15) is 16.2 Å². The van der Waals surface area contributed by atoms with Crippen molar-refractivity contribution in [3.8, 4) is 0 Å². The van der Waals surface area contributed by atoms with E-state index in [0.717, 1.165) is 28.6 Å². The Morgan fingerprint density at radius 1 is 1.46 bits per heavy atom. The third-order valence-corrected chi connectivity index (χ3v) is 7.95. The van der Waals surface area contributed by atoms with Gasteiger partial charge in [0.05, 0.1) is 11.8 Å². The highest BCUT2D eigenvalue weighted by atomic mass is 32.2. The van der Waals surface area contributed by atoms with Crippen molar-refractivity contribution in [3.05, 3.63) is 39.2 Å². The van der Waals surface area contributed by atoms with Crippen molar-refractivity contribution >= 4 is 50.6 Å². The molecule has 0 radical (unpaired) electrons. The molecule has 0 aromatic carbocycles. The van der Waals surface area contributed by atoms with Crippen LogP contribution in [0.15, 0.2) is 28.9 Å². The predicted molar refractivity (Wildman–Crippen MR) is 110 cm³/mol. The Morgan fingerprint density at radius 3 is 3.15 bits per heavy atom. The van der Waals surface area contributed by atoms with Gasteiger partial charge in [0.15, 0.2) is 0 Å². The first-order valence-electron chi connectivity index (χ1n) is 8.82. The summed E-state index contributed by atoms with van der Waals surface area (Å²) in [6, 6.07) is 4.11. The lowest BCUT2D eigenvalue weighted by molar-refractivity contribution is -0.119. The van der Waals surface area contributed by atoms with Crippen molar-refractivity contribution in [3.63, 3.8) is 0 Å². The van der Waals surface area contributed by atoms with Crippen molar-refractivity contribution in [2.45, 2.75) is 44.2 Å². The maximum Gasteiger partial charge on any atom is 0.230 e. The van der Waals surface area contributed by atoms with Crippen LogP contribution in [0, 0.1) is 5.92 Å². The Labute approximate surface area is 165 Å². The number of nitrogens with zero attached hydrogens (tertiary/aromatic N) is 2. The average Bonchev–Trinajstić information content (AvgIpc) is 3.27. The van der Waals surface area contributed by atoms with E-state index in [0.29, 0.717) is 5.75 Å². The summed E-state index contributed by atoms with van der Waals surface area (Å²) in [5, 5.41) is 7.23. The molecule has 0 spiro atoms. The van der Waals surface area contributed by atoms with Crippen LogP contribution < -0.4 is 5.32 Å². The summed E-state index contributed by atoms with van der Waals surface area (Å²) >= 11 is 4.98. The molecule has 0 unspecified atom stereocenters. The third kappa shape index (κ3) is 3.66. The van der Waals surface area contributed by atoms with Gasteiger partial charge >= 0.3 is 0 Å². The summed E-state index contributed by atoms with van der Waals surface area (Å²) < 4.78 is 0. The Balaban J connectivity index is 1.48. The number of hydrogen-bond acceptors (Lipinski definition) is 6. The number of carbonyl (C=O) groups is 1. The van der Waals surface area contributed by atoms with Gasteiger partial charge in [-0.25, -0.2) is 9.97 Å². The summed E-state index contributed by atoms with van der Waals surface area (Å²) in [6.07, 6.45) is 5.08. The summed E-state index contributed by atoms with van der Waals surface area (Å²) in [7, 11) is 0. The van der Waals surface area contributed by atoms with Gasteiger partial charge in [-0.15, -0.1) is 22.7 Å². The number of hydrogen-bond donors (Lipinski definition) is 1. The largest absolute Gasteiger partial charge is 0.348 e. The van der Waals surface area contributed by atoms with Gasteiger partial charge < -0.3 is 5.32 Å². The van der Waals surface area contributed by atoms with Crippen molar-refractivity contribution in [1.29, 1.82) is 0 Å². The van der Waals surface area contributed by atoms with E-state index in [1.807, 2.05) is 18.4 Å². The van der Waals surface area contributed by atoms with Crippen molar-refractivity contribution in [1.82, 2.24) is 15.3 Å². The quantitative estimate of drug-likeness (QED) is 0.489. The molecule has 1 amide bonds. The van der Waals surface area contributed by atoms with Crippen LogP contribution in [0.5, 0.6) is 0 Å². The first kappa shape index (κ1) is 17.9. The third-order valence-electron chi connectivity index (χ3n) is 4.74. The van der Waals surface area contributed by atoms with Gasteiger partial charge in [-0.2, -0.15) is 0 Å². The molecule has 1 aliphatic carbocycles. The second-order valence-corrected chi connectivity index (χ2v) is 9.83. The van der Waals surface area contributed by atoms with E-state index in [1.165, 1.54) is 38.9 Å². The highest BCUT2D eigenvalue weighted by Crippen LogP contribution is 2.40. The minimum absolute atomic E-state index is 0.0420. The number of thioether (sulfide) groups is 1. The summed E-state index contributed by atoms with van der Waals surface area (Å²) in [6.45, 7) is 4.33. The lowest BCUT2D eigenvalue weighted by Gasteiger charge is -2.18. The van der Waals surface area contributed by atoms with Crippen molar-refractivity contribution in [2.75, 3.05) is 5.75 Å². The fourth-order valence-corrected chi connectivity index (χ4v) is 6.37. The topological polar surface area (TPSA) is 54.9 Å². The van der Waals surface area contributed by atoms with E-state index in [4.69, 9.17) is 0 Å². The second kappa shape index (κ2) is 7.66. The lowest BCUT2D eigenvalue weighted by atomic mass is 9.89. The first-order valence-corrected chi connectivity index (χ1v) is 11.5. The molecule has 0 fully saturated rings. The number of nitrogens with one attached hydrogen (secondary N) is 1. The molecule has 26 heavy (non-hydrogen) atoms. The molecule has 3 aromatic rings. The van der Waals surface area contributed by atoms with Crippen molar-refractivity contribution in [2.24, 2.45) is 5.92 Å². The zero-order valence-electron chi connectivity index (χ0n) is 14.8. The van der Waals surface area contributed by atoms with Gasteiger partial charge in [-0.05, 0) is 49.1 Å². The Hall–Kier alpha value is -1.44. The van der Waals surface area contributed by atoms with Gasteiger partial charge in [-0.1, -0.05) is 24.8 Å². The zero-order valence-corrected chi connectivity index (χ0v) is 17.3. The lowest BCUT2D eigenvalue weighted by Crippen LogP contribution is -2.27. The number of aromatic nitrogens is 2. The smallest absolute Gasteiger partial charge is 0.230 e. The number of rotatable bonds is 5. The molecule has 136 valence electrons. The fourth-order valence-electron chi connectivity index (χ4n) is 3.38. The second-order valence-electron chi connectivity index (χ2n) is 6.80. The number of fused-ring (bicyclic) bond motifs is 3. The molecule has 0 aliphatic heterocycles. The molecule has 4 rings (SSSR count). The highest BCUT2D eigenvalue weighted by molar-refractivity contribution is 8.00. The standard InChI is InChI=1S/C19H21N3OS3/c1-11-5-6-13-15(8-11)26-19-17(13)18(20-10-21-19)25-9-16(23)22-12(2)14-4-3-7-24-14/h3-4,7,10-12H,5-6,8-9H2,1-2H3,(H,22,23)/t11-,12-/m0/s1. The van der Waals surface area contributed by atoms with Crippen LogP contribution in [0.2, 0.25) is 0 Å². The average molecular weight is 404 g/mol. The Bertz CT molecular complexity index is 920. The maximum atomic E-state index is 12.4. The highest BCUT2D eigenvalue weighted by Gasteiger charge is 2.23. The number of thiophene rings is 2. The van der Waals surface area contributed by atoms with E-state index in [9.17, 15) is 4.79 Å². The van der Waals surface area contributed by atoms with Crippen molar-refractivity contribution < 1.29 is 4.79 Å². The van der Waals surface area contributed by atoms with Crippen LogP contribution in [0.1, 0.15) is 41.6 Å². The zero-order chi connectivity index (χ0) is 18.1. The first-order chi connectivity index (χ1) is 12.6. The molecule has 1 aliphatic rings. The summed E-state index contributed by atoms with van der Waals surface area (Å²) in [5.74, 6) is 1.16. The Morgan fingerprint density at radius 2 is 2.35 bits per heavy atom. The number of carbonyl (C=O) groups excluding carboxylic acids is 1. The number of aryl methyl sites for hydroxylation is 1. The van der Waals surface area contributed by atoms with Gasteiger partial charge in [0, 0.05) is 15.1 Å². The van der Waals surface area contributed by atoms with Gasteiger partial charge in [0.25, 0.3) is 0 Å². The van der Waals surface area contributed by atoms with Crippen LogP contribution in [-0.4, -0.2) is 21.6 Å². The molecule has 3 aromatic heterocycles. The molecule has 4 nitrogen and oxygen atoms in total. The molecule has 3 heterocycles. The molecule has 0 saturated heterocycles. The van der Waals surface area contributed by atoms with E-state index >= 15 is 0 Å². The normalized spacial score (nSPS) is 17.8. The molecular weight excluding hydrogens is 382 g/mol. The fraction of sp³-hybridized carbons (Fsp3) is 0.421. The Kier molecular flexibility index (Phi) is 5.29. The summed E-state index contributed by atoms with van der Waals surface area (Å²) in [4.78, 5) is 25.0. The van der Waals surface area contributed by atoms with E-state index < -0.39 is 0 Å². The maximum absolute atomic E-state index is 12.4.